The molecule has 1 aliphatic heterocycles. The smallest absolute Gasteiger partial charge is 0.410 e. The summed E-state index contributed by atoms with van der Waals surface area (Å²) in [4.78, 5) is 25.3. The molecule has 130 valence electrons. The fourth-order valence-corrected chi connectivity index (χ4v) is 2.39. The number of hydrogen-bond acceptors (Lipinski definition) is 5. The summed E-state index contributed by atoms with van der Waals surface area (Å²) in [6, 6.07) is 1.62. The quantitative estimate of drug-likeness (QED) is 0.742. The maximum Gasteiger partial charge on any atom is 0.410 e. The molecule has 0 aromatic rings. The Morgan fingerprint density at radius 2 is 1.96 bits per heavy atom. The van der Waals surface area contributed by atoms with Crippen molar-refractivity contribution < 1.29 is 27.8 Å². The average molecular weight is 332 g/mol. The lowest BCUT2D eigenvalue weighted by atomic mass is 9.74. The summed E-state index contributed by atoms with van der Waals surface area (Å²) in [5.41, 5.74) is -3.16. The Morgan fingerprint density at radius 3 is 2.43 bits per heavy atom. The van der Waals surface area contributed by atoms with Crippen LogP contribution >= 0.6 is 0 Å². The van der Waals surface area contributed by atoms with Crippen LogP contribution in [-0.2, 0) is 14.3 Å². The Kier molecular flexibility index (Phi) is 5.56. The molecule has 1 amide bonds. The lowest BCUT2D eigenvalue weighted by molar-refractivity contribution is -0.199. The lowest BCUT2D eigenvalue weighted by Gasteiger charge is -2.44. The zero-order valence-corrected chi connectivity index (χ0v) is 13.8. The number of amides is 1. The van der Waals surface area contributed by atoms with Gasteiger partial charge < -0.3 is 14.4 Å². The van der Waals surface area contributed by atoms with Crippen LogP contribution in [0.3, 0.4) is 0 Å². The van der Waals surface area contributed by atoms with Gasteiger partial charge in [-0.25, -0.2) is 13.6 Å². The van der Waals surface area contributed by atoms with Crippen molar-refractivity contribution in [3.05, 3.63) is 0 Å². The first-order valence-electron chi connectivity index (χ1n) is 7.39. The molecule has 1 heterocycles. The number of nitrogens with zero attached hydrogens (tertiary/aromatic N) is 2. The van der Waals surface area contributed by atoms with Crippen molar-refractivity contribution in [3.63, 3.8) is 0 Å². The largest absolute Gasteiger partial charge is 0.465 e. The second-order valence-corrected chi connectivity index (χ2v) is 6.49. The van der Waals surface area contributed by atoms with Gasteiger partial charge in [0.05, 0.1) is 19.1 Å². The van der Waals surface area contributed by atoms with Crippen LogP contribution in [0, 0.1) is 16.7 Å². The zero-order valence-electron chi connectivity index (χ0n) is 13.8. The molecule has 1 fully saturated rings. The van der Waals surface area contributed by atoms with Crippen molar-refractivity contribution in [2.45, 2.75) is 52.1 Å². The first kappa shape index (κ1) is 19.1. The van der Waals surface area contributed by atoms with E-state index in [1.165, 1.54) is 6.92 Å². The van der Waals surface area contributed by atoms with E-state index in [1.807, 2.05) is 0 Å². The van der Waals surface area contributed by atoms with Gasteiger partial charge in [0.2, 0.25) is 0 Å². The molecule has 0 aromatic carbocycles. The number of alkyl halides is 2. The van der Waals surface area contributed by atoms with Gasteiger partial charge in [-0.2, -0.15) is 5.26 Å². The van der Waals surface area contributed by atoms with Crippen LogP contribution in [0.1, 0.15) is 40.5 Å². The molecule has 0 spiro atoms. The maximum atomic E-state index is 14.4. The highest BCUT2D eigenvalue weighted by atomic mass is 19.3. The topological polar surface area (TPSA) is 79.6 Å². The Morgan fingerprint density at radius 1 is 1.35 bits per heavy atom. The van der Waals surface area contributed by atoms with Gasteiger partial charge in [0.15, 0.2) is 5.41 Å². The van der Waals surface area contributed by atoms with Crippen molar-refractivity contribution in [2.75, 3.05) is 19.7 Å². The highest BCUT2D eigenvalue weighted by Crippen LogP contribution is 2.47. The molecule has 0 radical (unpaired) electrons. The molecule has 1 atom stereocenters. The Balaban J connectivity index is 3.12. The number of hydrogen-bond donors (Lipinski definition) is 0. The fourth-order valence-electron chi connectivity index (χ4n) is 2.39. The summed E-state index contributed by atoms with van der Waals surface area (Å²) in [6.45, 7) is 5.49. The predicted molar refractivity (Wildman–Crippen MR) is 76.7 cm³/mol. The second-order valence-electron chi connectivity index (χ2n) is 6.49. The van der Waals surface area contributed by atoms with Crippen molar-refractivity contribution in [3.8, 4) is 6.07 Å². The summed E-state index contributed by atoms with van der Waals surface area (Å²) in [5, 5.41) is 8.92. The van der Waals surface area contributed by atoms with E-state index in [4.69, 9.17) is 14.7 Å². The molecule has 0 saturated carbocycles. The number of nitriles is 1. The van der Waals surface area contributed by atoms with E-state index in [-0.39, 0.29) is 13.2 Å². The van der Waals surface area contributed by atoms with Crippen LogP contribution in [0.4, 0.5) is 13.6 Å². The van der Waals surface area contributed by atoms with Crippen LogP contribution in [0.2, 0.25) is 0 Å². The Hall–Kier alpha value is -1.91. The van der Waals surface area contributed by atoms with Gasteiger partial charge in [-0.05, 0) is 27.7 Å². The molecule has 0 aromatic heterocycles. The molecule has 0 N–H and O–H groups in total. The predicted octanol–water partition coefficient (Wildman–Crippen LogP) is 2.73. The first-order valence-corrected chi connectivity index (χ1v) is 7.39. The molecule has 1 aliphatic rings. The van der Waals surface area contributed by atoms with Crippen LogP contribution in [0.15, 0.2) is 0 Å². The molecular weight excluding hydrogens is 310 g/mol. The number of piperidine rings is 1. The van der Waals surface area contributed by atoms with Crippen LogP contribution in [0.5, 0.6) is 0 Å². The van der Waals surface area contributed by atoms with Gasteiger partial charge in [-0.1, -0.05) is 0 Å². The number of ether oxygens (including phenoxy) is 2. The number of likely N-dealkylation sites (tertiary alicyclic amines) is 1. The minimum atomic E-state index is -3.44. The van der Waals surface area contributed by atoms with Crippen LogP contribution in [0.25, 0.3) is 0 Å². The number of halogens is 2. The van der Waals surface area contributed by atoms with Crippen LogP contribution in [-0.4, -0.2) is 48.2 Å². The molecule has 6 nitrogen and oxygen atoms in total. The minimum Gasteiger partial charge on any atom is -0.465 e. The standard InChI is InChI=1S/C15H22F2N2O4/c1-5-22-11(20)14(6-8-18)10-19(9-7-15(14,16)17)12(21)23-13(2,3)4/h5-7,9-10H2,1-4H3/t14-/m0/s1. The maximum absolute atomic E-state index is 14.4. The van der Waals surface area contributed by atoms with E-state index in [9.17, 15) is 18.4 Å². The molecular formula is C15H22F2N2O4. The van der Waals surface area contributed by atoms with Gasteiger partial charge in [-0.15, -0.1) is 0 Å². The monoisotopic (exact) mass is 332 g/mol. The summed E-state index contributed by atoms with van der Waals surface area (Å²) in [6.07, 6.45) is -2.26. The third-order valence-corrected chi connectivity index (χ3v) is 3.56. The average Bonchev–Trinajstić information content (AvgIpc) is 2.39. The summed E-state index contributed by atoms with van der Waals surface area (Å²) >= 11 is 0. The van der Waals surface area contributed by atoms with Gasteiger partial charge in [0.1, 0.15) is 5.60 Å². The van der Waals surface area contributed by atoms with Crippen molar-refractivity contribution in [1.82, 2.24) is 4.90 Å². The molecule has 0 unspecified atom stereocenters. The third-order valence-electron chi connectivity index (χ3n) is 3.56. The third kappa shape index (κ3) is 4.09. The lowest BCUT2D eigenvalue weighted by Crippen LogP contribution is -2.61. The second kappa shape index (κ2) is 6.69. The van der Waals surface area contributed by atoms with E-state index >= 15 is 0 Å². The van der Waals surface area contributed by atoms with Crippen molar-refractivity contribution >= 4 is 12.1 Å². The summed E-state index contributed by atoms with van der Waals surface area (Å²) < 4.78 is 38.8. The summed E-state index contributed by atoms with van der Waals surface area (Å²) in [7, 11) is 0. The Bertz CT molecular complexity index is 511. The highest BCUT2D eigenvalue weighted by Gasteiger charge is 2.63. The molecule has 1 saturated heterocycles. The SMILES string of the molecule is CCOC(=O)[C@]1(CC#N)CN(C(=O)OC(C)(C)C)CCC1(F)F. The molecule has 8 heteroatoms. The molecule has 1 rings (SSSR count). The number of esters is 1. The zero-order chi connectivity index (χ0) is 17.9. The first-order chi connectivity index (χ1) is 10.5. The normalized spacial score (nSPS) is 23.8. The summed E-state index contributed by atoms with van der Waals surface area (Å²) in [5.74, 6) is -4.60. The van der Waals surface area contributed by atoms with Gasteiger partial charge in [-0.3, -0.25) is 4.79 Å². The van der Waals surface area contributed by atoms with Crippen LogP contribution < -0.4 is 0 Å². The van der Waals surface area contributed by atoms with Crippen molar-refractivity contribution in [2.24, 2.45) is 5.41 Å². The van der Waals surface area contributed by atoms with E-state index in [0.717, 1.165) is 4.90 Å². The van der Waals surface area contributed by atoms with E-state index < -0.39 is 48.4 Å². The van der Waals surface area contributed by atoms with E-state index in [1.54, 1.807) is 26.8 Å². The number of carbonyl (C=O) groups is 2. The van der Waals surface area contributed by atoms with E-state index in [0.29, 0.717) is 0 Å². The van der Waals surface area contributed by atoms with E-state index in [2.05, 4.69) is 0 Å². The Labute approximate surface area is 134 Å². The fraction of sp³-hybridized carbons (Fsp3) is 0.800. The molecule has 0 aliphatic carbocycles. The number of carbonyl (C=O) groups excluding carboxylic acids is 2. The molecule has 0 bridgehead atoms. The highest BCUT2D eigenvalue weighted by molar-refractivity contribution is 5.80. The van der Waals surface area contributed by atoms with Gasteiger partial charge in [0.25, 0.3) is 5.92 Å². The van der Waals surface area contributed by atoms with Gasteiger partial charge >= 0.3 is 12.1 Å². The number of rotatable bonds is 3. The molecule has 23 heavy (non-hydrogen) atoms. The van der Waals surface area contributed by atoms with Gasteiger partial charge in [0, 0.05) is 19.5 Å². The van der Waals surface area contributed by atoms with Crippen molar-refractivity contribution in [1.29, 1.82) is 5.26 Å². The minimum absolute atomic E-state index is 0.0888.